The van der Waals surface area contributed by atoms with Gasteiger partial charge in [-0.05, 0) is 49.0 Å². The van der Waals surface area contributed by atoms with Crippen LogP contribution in [0.15, 0.2) is 48.6 Å². The van der Waals surface area contributed by atoms with Crippen LogP contribution in [0.2, 0.25) is 0 Å². The van der Waals surface area contributed by atoms with Gasteiger partial charge in [0, 0.05) is 18.1 Å². The number of fused-ring (bicyclic) bond motifs is 1. The molecule has 1 amide bonds. The van der Waals surface area contributed by atoms with Gasteiger partial charge in [0.25, 0.3) is 5.91 Å². The molecule has 4 rings (SSSR count). The van der Waals surface area contributed by atoms with E-state index in [-0.39, 0.29) is 28.7 Å². The molecule has 5 heteroatoms. The zero-order valence-electron chi connectivity index (χ0n) is 17.1. The number of hydrogen-bond donors (Lipinski definition) is 2. The molecule has 2 heterocycles. The molecule has 0 radical (unpaired) electrons. The summed E-state index contributed by atoms with van der Waals surface area (Å²) in [5.41, 5.74) is 6.99. The molecule has 1 fully saturated rings. The molecule has 0 aliphatic carbocycles. The molecular weight excluding hydrogens is 300 g/mol. The van der Waals surface area contributed by atoms with Crippen LogP contribution in [0.25, 0.3) is 16.6 Å². The first-order chi connectivity index (χ1) is 13.4. The molecular formula is C19H20N4O. The second kappa shape index (κ2) is 6.09. The van der Waals surface area contributed by atoms with Gasteiger partial charge in [-0.15, -0.1) is 0 Å². The third-order valence-corrected chi connectivity index (χ3v) is 4.42. The molecule has 0 bridgehead atoms. The number of benzene rings is 2. The number of nitrogens with zero attached hydrogens (tertiary/aromatic N) is 2. The summed E-state index contributed by atoms with van der Waals surface area (Å²) < 4.78 is 33.7. The van der Waals surface area contributed by atoms with Crippen LogP contribution in [0.5, 0.6) is 0 Å². The van der Waals surface area contributed by atoms with Gasteiger partial charge in [0.05, 0.1) is 16.7 Å². The quantitative estimate of drug-likeness (QED) is 0.778. The van der Waals surface area contributed by atoms with Crippen molar-refractivity contribution in [3.8, 4) is 5.69 Å². The van der Waals surface area contributed by atoms with Gasteiger partial charge in [-0.2, -0.15) is 5.10 Å². The first-order valence-electron chi connectivity index (χ1n) is 10.00. The Bertz CT molecular complexity index is 1070. The highest BCUT2D eigenvalue weighted by Gasteiger charge is 2.15. The lowest BCUT2D eigenvalue weighted by atomic mass is 9.92. The Morgan fingerprint density at radius 2 is 2.17 bits per heavy atom. The van der Waals surface area contributed by atoms with Crippen molar-refractivity contribution in [3.63, 3.8) is 0 Å². The third kappa shape index (κ3) is 2.67. The Balaban J connectivity index is 1.83. The second-order valence-corrected chi connectivity index (χ2v) is 6.00. The number of nitrogens with one attached hydrogen (secondary N) is 1. The maximum absolute atomic E-state index is 11.8. The number of rotatable bonds is 3. The molecule has 3 N–H and O–H groups in total. The summed E-state index contributed by atoms with van der Waals surface area (Å²) in [5.74, 6) is -0.443. The van der Waals surface area contributed by atoms with Crippen molar-refractivity contribution in [2.24, 2.45) is 5.73 Å². The van der Waals surface area contributed by atoms with E-state index in [9.17, 15) is 4.79 Å². The van der Waals surface area contributed by atoms with Gasteiger partial charge in [-0.25, -0.2) is 4.68 Å². The normalized spacial score (nSPS) is 20.2. The molecule has 1 unspecified atom stereocenters. The molecule has 1 atom stereocenters. The minimum absolute atomic E-state index is 0.0176. The van der Waals surface area contributed by atoms with Gasteiger partial charge in [0.15, 0.2) is 0 Å². The number of nitrogens with two attached hydrogens (primary N) is 1. The number of primary amides is 1. The van der Waals surface area contributed by atoms with E-state index in [1.54, 1.807) is 0 Å². The molecule has 3 aromatic rings. The predicted octanol–water partition coefficient (Wildman–Crippen LogP) is 2.59. The van der Waals surface area contributed by atoms with Crippen molar-refractivity contribution in [2.45, 2.75) is 18.8 Å². The second-order valence-electron chi connectivity index (χ2n) is 6.00. The van der Waals surface area contributed by atoms with E-state index < -0.39 is 18.0 Å². The van der Waals surface area contributed by atoms with E-state index >= 15 is 0 Å². The van der Waals surface area contributed by atoms with Crippen molar-refractivity contribution in [1.29, 1.82) is 0 Å². The molecule has 2 aromatic carbocycles. The fourth-order valence-electron chi connectivity index (χ4n) is 3.14. The molecule has 1 aliphatic rings. The highest BCUT2D eigenvalue weighted by molar-refractivity contribution is 6.04. The summed E-state index contributed by atoms with van der Waals surface area (Å²) in [6.45, 7) is 1.99. The molecule has 0 spiro atoms. The minimum Gasteiger partial charge on any atom is -0.366 e. The monoisotopic (exact) mass is 324 g/mol. The van der Waals surface area contributed by atoms with E-state index in [1.165, 1.54) is 10.2 Å². The summed E-state index contributed by atoms with van der Waals surface area (Å²) >= 11 is 0. The highest BCUT2D eigenvalue weighted by Crippen LogP contribution is 2.25. The molecule has 24 heavy (non-hydrogen) atoms. The van der Waals surface area contributed by atoms with Gasteiger partial charge in [-0.3, -0.25) is 4.79 Å². The van der Waals surface area contributed by atoms with Crippen LogP contribution in [0.4, 0.5) is 0 Å². The number of carbonyl (C=O) groups is 1. The van der Waals surface area contributed by atoms with Crippen LogP contribution in [0.3, 0.4) is 0 Å². The van der Waals surface area contributed by atoms with Crippen LogP contribution >= 0.6 is 0 Å². The van der Waals surface area contributed by atoms with Crippen LogP contribution in [0.1, 0.15) is 40.2 Å². The van der Waals surface area contributed by atoms with Crippen molar-refractivity contribution >= 4 is 16.8 Å². The Morgan fingerprint density at radius 1 is 1.33 bits per heavy atom. The summed E-state index contributed by atoms with van der Waals surface area (Å²) in [7, 11) is 0. The van der Waals surface area contributed by atoms with E-state index in [0.29, 0.717) is 11.6 Å². The molecule has 1 saturated heterocycles. The number of hydrogen-bond acceptors (Lipinski definition) is 3. The summed E-state index contributed by atoms with van der Waals surface area (Å²) in [4.78, 5) is 11.8. The Kier molecular flexibility index (Phi) is 2.79. The van der Waals surface area contributed by atoms with E-state index in [0.717, 1.165) is 25.9 Å². The van der Waals surface area contributed by atoms with Gasteiger partial charge in [-0.1, -0.05) is 24.2 Å². The SMILES string of the molecule is [2H]c1c([2H])c([2H])c2c([2H])n(-c3ccc(C4CCCNC4)cc3)nc2c1C(N)=O. The number of carbonyl (C=O) groups excluding carboxylic acids is 1. The number of amides is 1. The smallest absolute Gasteiger partial charge is 0.250 e. The first kappa shape index (κ1) is 11.0. The van der Waals surface area contributed by atoms with E-state index in [4.69, 9.17) is 11.2 Å². The number of piperidine rings is 1. The maximum atomic E-state index is 11.8. The Morgan fingerprint density at radius 3 is 2.88 bits per heavy atom. The van der Waals surface area contributed by atoms with Gasteiger partial charge >= 0.3 is 0 Å². The molecule has 1 aliphatic heterocycles. The van der Waals surface area contributed by atoms with E-state index in [1.807, 2.05) is 24.3 Å². The Labute approximate surface area is 146 Å². The third-order valence-electron chi connectivity index (χ3n) is 4.42. The minimum atomic E-state index is -0.895. The lowest BCUT2D eigenvalue weighted by Gasteiger charge is -2.23. The van der Waals surface area contributed by atoms with Crippen molar-refractivity contribution < 1.29 is 10.3 Å². The molecule has 122 valence electrons. The highest BCUT2D eigenvalue weighted by atomic mass is 16.1. The van der Waals surface area contributed by atoms with Gasteiger partial charge < -0.3 is 11.1 Å². The number of aromatic nitrogens is 2. The lowest BCUT2D eigenvalue weighted by Crippen LogP contribution is -2.28. The molecule has 5 nitrogen and oxygen atoms in total. The van der Waals surface area contributed by atoms with Gasteiger partial charge in [0.1, 0.15) is 5.52 Å². The van der Waals surface area contributed by atoms with Crippen LogP contribution in [-0.2, 0) is 0 Å². The largest absolute Gasteiger partial charge is 0.366 e. The average Bonchev–Trinajstić information content (AvgIpc) is 3.04. The summed E-state index contributed by atoms with van der Waals surface area (Å²) in [6.07, 6.45) is 2.16. The standard InChI is InChI=1S/C19H20N4O/c20-19(24)17-5-1-3-15-12-23(22-18(15)17)16-8-6-13(7-9-16)14-4-2-10-21-11-14/h1,3,5-9,12,14,21H,2,4,10-11H2,(H2,20,24)/i1D,3D,5D,12D. The fraction of sp³-hybridized carbons (Fsp3) is 0.263. The molecule has 0 saturated carbocycles. The van der Waals surface area contributed by atoms with Crippen LogP contribution in [-0.4, -0.2) is 28.8 Å². The average molecular weight is 324 g/mol. The zero-order valence-corrected chi connectivity index (χ0v) is 13.1. The maximum Gasteiger partial charge on any atom is 0.250 e. The fourth-order valence-corrected chi connectivity index (χ4v) is 3.14. The molecule has 1 aromatic heterocycles. The van der Waals surface area contributed by atoms with Crippen LogP contribution in [0, 0.1) is 0 Å². The summed E-state index contributed by atoms with van der Waals surface area (Å²) in [6, 6.07) is 6.54. The van der Waals surface area contributed by atoms with Gasteiger partial charge in [0.2, 0.25) is 0 Å². The van der Waals surface area contributed by atoms with Crippen LogP contribution < -0.4 is 11.1 Å². The predicted molar refractivity (Wildman–Crippen MR) is 94.4 cm³/mol. The van der Waals surface area contributed by atoms with Crippen molar-refractivity contribution in [2.75, 3.05) is 13.1 Å². The lowest BCUT2D eigenvalue weighted by molar-refractivity contribution is 0.100. The van der Waals surface area contributed by atoms with E-state index in [2.05, 4.69) is 10.4 Å². The Hall–Kier alpha value is -2.66. The topological polar surface area (TPSA) is 72.9 Å². The van der Waals surface area contributed by atoms with Crippen molar-refractivity contribution in [1.82, 2.24) is 15.1 Å². The first-order valence-corrected chi connectivity index (χ1v) is 8.00. The zero-order chi connectivity index (χ0) is 20.0. The summed E-state index contributed by atoms with van der Waals surface area (Å²) in [5, 5.41) is 7.74. The van der Waals surface area contributed by atoms with Crippen molar-refractivity contribution in [3.05, 3.63) is 59.7 Å².